The van der Waals surface area contributed by atoms with E-state index in [4.69, 9.17) is 4.74 Å². The number of hydrogen-bond acceptors (Lipinski definition) is 1. The summed E-state index contributed by atoms with van der Waals surface area (Å²) in [6, 6.07) is 70.0. The SMILES string of the molecule is c1ccc([Si]2(c3ccccc3)c3ccccc3B3c4cc5/c(cc4Oc4cccc2c43)=c2/cccc/c2=c2\cccc\c2=c2/cccc/c2=5)cc1. The molecule has 0 bridgehead atoms. The van der Waals surface area contributed by atoms with Crippen molar-refractivity contribution < 1.29 is 4.74 Å². The molecular formula is C48H31BOSi. The van der Waals surface area contributed by atoms with Crippen molar-refractivity contribution in [1.82, 2.24) is 0 Å². The standard InChI is InChI=1S/C48H31BOSi/c1-3-16-32(17-4-1)51(33-18-5-2-6-19-33)46-28-14-13-26-42(46)49-43-30-40-38-24-11-9-22-36(38)34-20-7-8-21-35(34)37-23-10-12-25-39(37)41(40)31-45(43)50-44-27-15-29-47(51)48(44)49/h1-31H/b36-34-,37-35-,40-38-,41-39-. The highest BCUT2D eigenvalue weighted by Crippen LogP contribution is 2.28. The summed E-state index contributed by atoms with van der Waals surface area (Å²) in [4.78, 5) is 0. The maximum atomic E-state index is 7.14. The second-order valence-corrected chi connectivity index (χ2v) is 17.6. The minimum atomic E-state index is -2.72. The molecule has 8 aromatic rings. The van der Waals surface area contributed by atoms with Crippen molar-refractivity contribution in [2.45, 2.75) is 0 Å². The highest BCUT2D eigenvalue weighted by atomic mass is 28.3. The predicted molar refractivity (Wildman–Crippen MR) is 211 cm³/mol. The Labute approximate surface area is 296 Å². The average molecular weight is 663 g/mol. The Morgan fingerprint density at radius 2 is 0.784 bits per heavy atom. The first-order chi connectivity index (χ1) is 25.3. The highest BCUT2D eigenvalue weighted by molar-refractivity contribution is 7.26. The summed E-state index contributed by atoms with van der Waals surface area (Å²) in [6.45, 7) is 0.0367. The number of rotatable bonds is 2. The van der Waals surface area contributed by atoms with Gasteiger partial charge in [0.1, 0.15) is 11.5 Å². The summed E-state index contributed by atoms with van der Waals surface area (Å²) in [5.74, 6) is 1.90. The summed E-state index contributed by atoms with van der Waals surface area (Å²) < 4.78 is 7.14. The molecule has 0 amide bonds. The van der Waals surface area contributed by atoms with Crippen LogP contribution >= 0.6 is 0 Å². The van der Waals surface area contributed by atoms with E-state index in [0.29, 0.717) is 0 Å². The summed E-state index contributed by atoms with van der Waals surface area (Å²) in [6.07, 6.45) is 0. The molecule has 0 aromatic heterocycles. The monoisotopic (exact) mass is 662 g/mol. The van der Waals surface area contributed by atoms with Gasteiger partial charge in [0.05, 0.1) is 0 Å². The van der Waals surface area contributed by atoms with Crippen molar-refractivity contribution in [3.05, 3.63) is 230 Å². The van der Waals surface area contributed by atoms with Gasteiger partial charge in [-0.05, 0) is 85.6 Å². The van der Waals surface area contributed by atoms with Crippen LogP contribution in [0.2, 0.25) is 0 Å². The fraction of sp³-hybridized carbons (Fsp3) is 0. The van der Waals surface area contributed by atoms with Crippen molar-refractivity contribution in [3.63, 3.8) is 0 Å². The highest BCUT2D eigenvalue weighted by Gasteiger charge is 2.52. The van der Waals surface area contributed by atoms with Gasteiger partial charge in [0.2, 0.25) is 0 Å². The number of ether oxygens (including phenoxy) is 1. The smallest absolute Gasteiger partial charge is 0.250 e. The summed E-state index contributed by atoms with van der Waals surface area (Å²) in [5, 5.41) is 15.6. The Morgan fingerprint density at radius 3 is 1.35 bits per heavy atom. The Kier molecular flexibility index (Phi) is 6.14. The molecule has 3 aliphatic rings. The predicted octanol–water partition coefficient (Wildman–Crippen LogP) is 5.46. The molecule has 0 saturated carbocycles. The van der Waals surface area contributed by atoms with Crippen LogP contribution in [0.1, 0.15) is 0 Å². The Bertz CT molecular complexity index is 3090. The van der Waals surface area contributed by atoms with Gasteiger partial charge < -0.3 is 4.74 Å². The lowest BCUT2D eigenvalue weighted by molar-refractivity contribution is 0.487. The van der Waals surface area contributed by atoms with Gasteiger partial charge >= 0.3 is 0 Å². The zero-order chi connectivity index (χ0) is 33.5. The van der Waals surface area contributed by atoms with E-state index in [1.54, 1.807) is 0 Å². The molecule has 0 fully saturated rings. The maximum absolute atomic E-state index is 7.14. The van der Waals surface area contributed by atoms with Crippen LogP contribution in [-0.2, 0) is 0 Å². The van der Waals surface area contributed by atoms with Crippen LogP contribution in [-0.4, -0.2) is 14.8 Å². The van der Waals surface area contributed by atoms with Gasteiger partial charge in [0.15, 0.2) is 8.07 Å². The normalized spacial score (nSPS) is 16.6. The van der Waals surface area contributed by atoms with Crippen molar-refractivity contribution in [1.29, 1.82) is 0 Å². The van der Waals surface area contributed by atoms with E-state index < -0.39 is 8.07 Å². The van der Waals surface area contributed by atoms with E-state index in [9.17, 15) is 0 Å². The Morgan fingerprint density at radius 1 is 0.333 bits per heavy atom. The van der Waals surface area contributed by atoms with E-state index in [1.807, 2.05) is 0 Å². The number of hydrogen-bond donors (Lipinski definition) is 0. The number of fused-ring (bicyclic) bond motifs is 8. The van der Waals surface area contributed by atoms with Crippen LogP contribution in [0.3, 0.4) is 0 Å². The maximum Gasteiger partial charge on any atom is 0.250 e. The molecule has 1 nitrogen and oxygen atoms in total. The van der Waals surface area contributed by atoms with Gasteiger partial charge in [0, 0.05) is 0 Å². The number of benzene rings is 8. The lowest BCUT2D eigenvalue weighted by Crippen LogP contribution is -2.87. The molecule has 0 spiro atoms. The molecule has 0 N–H and O–H groups in total. The Balaban J connectivity index is 1.33. The summed E-state index contributed by atoms with van der Waals surface area (Å²) in [5.41, 5.74) is 3.92. The topological polar surface area (TPSA) is 9.23 Å². The van der Waals surface area contributed by atoms with E-state index >= 15 is 0 Å². The minimum Gasteiger partial charge on any atom is -0.458 e. The molecule has 1 aliphatic carbocycles. The van der Waals surface area contributed by atoms with Gasteiger partial charge in [-0.25, -0.2) is 0 Å². The molecule has 51 heavy (non-hydrogen) atoms. The van der Waals surface area contributed by atoms with E-state index in [-0.39, 0.29) is 6.71 Å². The van der Waals surface area contributed by atoms with E-state index in [1.165, 1.54) is 78.9 Å². The summed E-state index contributed by atoms with van der Waals surface area (Å²) >= 11 is 0. The van der Waals surface area contributed by atoms with Crippen LogP contribution in [0.25, 0.3) is 0 Å². The minimum absolute atomic E-state index is 0.0367. The van der Waals surface area contributed by atoms with Crippen molar-refractivity contribution >= 4 is 51.9 Å². The van der Waals surface area contributed by atoms with E-state index in [2.05, 4.69) is 188 Å². The molecule has 0 saturated heterocycles. The quantitative estimate of drug-likeness (QED) is 0.224. The zero-order valence-corrected chi connectivity index (χ0v) is 28.9. The second kappa shape index (κ2) is 10.9. The molecular weight excluding hydrogens is 631 g/mol. The third-order valence-corrected chi connectivity index (χ3v) is 16.4. The van der Waals surface area contributed by atoms with Gasteiger partial charge in [-0.3, -0.25) is 0 Å². The van der Waals surface area contributed by atoms with Gasteiger partial charge in [0.25, 0.3) is 6.71 Å². The van der Waals surface area contributed by atoms with Gasteiger partial charge in [-0.15, -0.1) is 0 Å². The van der Waals surface area contributed by atoms with Crippen molar-refractivity contribution in [3.8, 4) is 11.5 Å². The second-order valence-electron chi connectivity index (χ2n) is 13.9. The molecule has 0 unspecified atom stereocenters. The first-order valence-electron chi connectivity index (χ1n) is 17.8. The van der Waals surface area contributed by atoms with Crippen LogP contribution in [0.15, 0.2) is 188 Å². The van der Waals surface area contributed by atoms with Crippen LogP contribution in [0, 0.1) is 41.7 Å². The van der Waals surface area contributed by atoms with Crippen LogP contribution in [0.5, 0.6) is 11.5 Å². The summed E-state index contributed by atoms with van der Waals surface area (Å²) in [7, 11) is -2.72. The van der Waals surface area contributed by atoms with Gasteiger partial charge in [-0.2, -0.15) is 0 Å². The lowest BCUT2D eigenvalue weighted by Gasteiger charge is -2.44. The molecule has 236 valence electrons. The lowest BCUT2D eigenvalue weighted by atomic mass is 9.35. The molecule has 11 rings (SSSR count). The largest absolute Gasteiger partial charge is 0.458 e. The van der Waals surface area contributed by atoms with Gasteiger partial charge in [-0.1, -0.05) is 181 Å². The van der Waals surface area contributed by atoms with Crippen molar-refractivity contribution in [2.75, 3.05) is 0 Å². The third-order valence-electron chi connectivity index (χ3n) is 11.5. The third kappa shape index (κ3) is 3.92. The first-order valence-corrected chi connectivity index (χ1v) is 19.8. The van der Waals surface area contributed by atoms with Crippen LogP contribution in [0.4, 0.5) is 0 Å². The molecule has 2 heterocycles. The fourth-order valence-corrected chi connectivity index (χ4v) is 14.7. The average Bonchev–Trinajstić information content (AvgIpc) is 3.20. The molecule has 0 radical (unpaired) electrons. The van der Waals surface area contributed by atoms with E-state index in [0.717, 1.165) is 11.5 Å². The zero-order valence-electron chi connectivity index (χ0n) is 27.9. The van der Waals surface area contributed by atoms with Crippen molar-refractivity contribution in [2.24, 2.45) is 0 Å². The molecule has 2 aliphatic heterocycles. The Hall–Kier alpha value is -6.16. The molecule has 3 heteroatoms. The first kappa shape index (κ1) is 28.7. The van der Waals surface area contributed by atoms with Crippen LogP contribution < -0.4 is 41.9 Å². The molecule has 8 aromatic carbocycles. The fourth-order valence-electron chi connectivity index (χ4n) is 9.47. The molecule has 0 atom stereocenters.